The maximum absolute atomic E-state index is 5.52. The van der Waals surface area contributed by atoms with Crippen molar-refractivity contribution in [3.8, 4) is 11.3 Å². The first-order valence-electron chi connectivity index (χ1n) is 4.20. The topological polar surface area (TPSA) is 38.9 Å². The van der Waals surface area contributed by atoms with Gasteiger partial charge in [-0.05, 0) is 21.5 Å². The molecule has 0 atom stereocenters. The Morgan fingerprint density at radius 2 is 2.00 bits per heavy atom. The molecule has 4 heteroatoms. The first-order chi connectivity index (χ1) is 6.79. The van der Waals surface area contributed by atoms with Gasteiger partial charge in [0.2, 0.25) is 0 Å². The van der Waals surface area contributed by atoms with Crippen LogP contribution in [-0.2, 0) is 6.54 Å². The average molecular weight is 269 g/mol. The van der Waals surface area contributed by atoms with Crippen molar-refractivity contribution in [2.75, 3.05) is 0 Å². The number of rotatable bonds is 2. The Bertz CT molecular complexity index is 422. The van der Waals surface area contributed by atoms with Crippen LogP contribution in [0.1, 0.15) is 5.56 Å². The van der Waals surface area contributed by atoms with Crippen LogP contribution in [0.4, 0.5) is 0 Å². The summed E-state index contributed by atoms with van der Waals surface area (Å²) in [6.07, 6.45) is 0. The van der Waals surface area contributed by atoms with Gasteiger partial charge < -0.3 is 5.73 Å². The Morgan fingerprint density at radius 1 is 1.29 bits per heavy atom. The molecule has 1 heterocycles. The van der Waals surface area contributed by atoms with Gasteiger partial charge in [0.1, 0.15) is 0 Å². The standard InChI is InChI=1S/C10H9BrN2S/c11-10-13-9(6-14-10)8-3-1-7(5-12)2-4-8/h1-4,6H,5,12H2. The minimum atomic E-state index is 0.584. The Hall–Kier alpha value is -0.710. The Kier molecular flexibility index (Phi) is 2.96. The average Bonchev–Trinajstić information content (AvgIpc) is 2.65. The molecular formula is C10H9BrN2S. The molecule has 0 bridgehead atoms. The van der Waals surface area contributed by atoms with Gasteiger partial charge in [-0.15, -0.1) is 11.3 Å². The molecule has 0 saturated heterocycles. The third-order valence-corrected chi connectivity index (χ3v) is 3.33. The van der Waals surface area contributed by atoms with E-state index in [1.54, 1.807) is 11.3 Å². The van der Waals surface area contributed by atoms with E-state index in [9.17, 15) is 0 Å². The summed E-state index contributed by atoms with van der Waals surface area (Å²) in [6.45, 7) is 0.584. The molecule has 0 spiro atoms. The molecular weight excluding hydrogens is 260 g/mol. The van der Waals surface area contributed by atoms with Gasteiger partial charge in [-0.1, -0.05) is 24.3 Å². The zero-order valence-electron chi connectivity index (χ0n) is 7.40. The number of hydrogen-bond donors (Lipinski definition) is 1. The largest absolute Gasteiger partial charge is 0.326 e. The molecule has 0 aliphatic rings. The highest BCUT2D eigenvalue weighted by atomic mass is 79.9. The van der Waals surface area contributed by atoms with Crippen LogP contribution in [0.5, 0.6) is 0 Å². The maximum atomic E-state index is 5.52. The first kappa shape index (κ1) is 9.83. The van der Waals surface area contributed by atoms with Gasteiger partial charge in [0.25, 0.3) is 0 Å². The summed E-state index contributed by atoms with van der Waals surface area (Å²) in [4.78, 5) is 4.34. The molecule has 0 fully saturated rings. The summed E-state index contributed by atoms with van der Waals surface area (Å²) < 4.78 is 0.912. The van der Waals surface area contributed by atoms with E-state index in [0.29, 0.717) is 6.54 Å². The van der Waals surface area contributed by atoms with E-state index >= 15 is 0 Å². The Labute approximate surface area is 94.9 Å². The normalized spacial score (nSPS) is 10.4. The molecule has 72 valence electrons. The summed E-state index contributed by atoms with van der Waals surface area (Å²) in [6, 6.07) is 8.15. The molecule has 2 aromatic rings. The second kappa shape index (κ2) is 4.21. The van der Waals surface area contributed by atoms with E-state index < -0.39 is 0 Å². The number of benzene rings is 1. The maximum Gasteiger partial charge on any atom is 0.159 e. The predicted molar refractivity (Wildman–Crippen MR) is 63.1 cm³/mol. The van der Waals surface area contributed by atoms with E-state index in [1.807, 2.05) is 29.6 Å². The van der Waals surface area contributed by atoms with Crippen LogP contribution in [0.15, 0.2) is 33.6 Å². The van der Waals surface area contributed by atoms with E-state index in [2.05, 4.69) is 20.9 Å². The van der Waals surface area contributed by atoms with Crippen LogP contribution >= 0.6 is 27.3 Å². The van der Waals surface area contributed by atoms with Gasteiger partial charge in [0, 0.05) is 17.5 Å². The number of thiazole rings is 1. The SMILES string of the molecule is NCc1ccc(-c2csc(Br)n2)cc1. The van der Waals surface area contributed by atoms with Crippen LogP contribution in [0.3, 0.4) is 0 Å². The highest BCUT2D eigenvalue weighted by Crippen LogP contribution is 2.24. The van der Waals surface area contributed by atoms with Crippen molar-refractivity contribution < 1.29 is 0 Å². The van der Waals surface area contributed by atoms with E-state index in [0.717, 1.165) is 20.7 Å². The van der Waals surface area contributed by atoms with E-state index in [1.165, 1.54) is 0 Å². The minimum absolute atomic E-state index is 0.584. The molecule has 2 rings (SSSR count). The van der Waals surface area contributed by atoms with Crippen molar-refractivity contribution in [2.24, 2.45) is 5.73 Å². The quantitative estimate of drug-likeness (QED) is 0.910. The van der Waals surface area contributed by atoms with Gasteiger partial charge in [-0.3, -0.25) is 0 Å². The number of halogens is 1. The number of nitrogens with zero attached hydrogens (tertiary/aromatic N) is 1. The molecule has 1 aromatic carbocycles. The highest BCUT2D eigenvalue weighted by Gasteiger charge is 2.01. The van der Waals surface area contributed by atoms with Gasteiger partial charge in [-0.25, -0.2) is 4.98 Å². The molecule has 14 heavy (non-hydrogen) atoms. The lowest BCUT2D eigenvalue weighted by molar-refractivity contribution is 1.07. The summed E-state index contributed by atoms with van der Waals surface area (Å²) in [5, 5.41) is 2.03. The van der Waals surface area contributed by atoms with Crippen LogP contribution in [0.2, 0.25) is 0 Å². The minimum Gasteiger partial charge on any atom is -0.326 e. The van der Waals surface area contributed by atoms with Crippen LogP contribution in [-0.4, -0.2) is 4.98 Å². The predicted octanol–water partition coefficient (Wildman–Crippen LogP) is 3.03. The number of aromatic nitrogens is 1. The van der Waals surface area contributed by atoms with E-state index in [-0.39, 0.29) is 0 Å². The summed E-state index contributed by atoms with van der Waals surface area (Å²) >= 11 is 4.94. The number of nitrogens with two attached hydrogens (primary N) is 1. The zero-order valence-corrected chi connectivity index (χ0v) is 9.81. The monoisotopic (exact) mass is 268 g/mol. The van der Waals surface area contributed by atoms with Crippen molar-refractivity contribution in [3.05, 3.63) is 39.1 Å². The fraction of sp³-hybridized carbons (Fsp3) is 0.100. The third kappa shape index (κ3) is 2.03. The lowest BCUT2D eigenvalue weighted by Crippen LogP contribution is -1.95. The van der Waals surface area contributed by atoms with Gasteiger partial charge >= 0.3 is 0 Å². The fourth-order valence-electron chi connectivity index (χ4n) is 1.20. The summed E-state index contributed by atoms with van der Waals surface area (Å²) in [5.74, 6) is 0. The third-order valence-electron chi connectivity index (χ3n) is 1.96. The van der Waals surface area contributed by atoms with Crippen LogP contribution in [0.25, 0.3) is 11.3 Å². The molecule has 0 aliphatic heterocycles. The fourth-order valence-corrected chi connectivity index (χ4v) is 2.22. The molecule has 0 unspecified atom stereocenters. The van der Waals surface area contributed by atoms with Crippen molar-refractivity contribution in [3.63, 3.8) is 0 Å². The van der Waals surface area contributed by atoms with Gasteiger partial charge in [-0.2, -0.15) is 0 Å². The smallest absolute Gasteiger partial charge is 0.159 e. The molecule has 0 aliphatic carbocycles. The van der Waals surface area contributed by atoms with Crippen molar-refractivity contribution in [1.29, 1.82) is 0 Å². The molecule has 1 aromatic heterocycles. The van der Waals surface area contributed by atoms with E-state index in [4.69, 9.17) is 5.73 Å². The molecule has 0 radical (unpaired) electrons. The van der Waals surface area contributed by atoms with Crippen molar-refractivity contribution >= 4 is 27.3 Å². The second-order valence-corrected chi connectivity index (χ2v) is 5.02. The highest BCUT2D eigenvalue weighted by molar-refractivity contribution is 9.11. The van der Waals surface area contributed by atoms with Crippen molar-refractivity contribution in [2.45, 2.75) is 6.54 Å². The lowest BCUT2D eigenvalue weighted by Gasteiger charge is -1.98. The molecule has 2 N–H and O–H groups in total. The lowest BCUT2D eigenvalue weighted by atomic mass is 10.1. The number of hydrogen-bond acceptors (Lipinski definition) is 3. The van der Waals surface area contributed by atoms with Crippen molar-refractivity contribution in [1.82, 2.24) is 4.98 Å². The summed E-state index contributed by atoms with van der Waals surface area (Å²) in [5.41, 5.74) is 8.80. The molecule has 2 nitrogen and oxygen atoms in total. The van der Waals surface area contributed by atoms with Crippen LogP contribution in [0, 0.1) is 0 Å². The second-order valence-electron chi connectivity index (χ2n) is 2.89. The Morgan fingerprint density at radius 3 is 2.50 bits per heavy atom. The van der Waals surface area contributed by atoms with Gasteiger partial charge in [0.15, 0.2) is 3.92 Å². The Balaban J connectivity index is 2.33. The zero-order chi connectivity index (χ0) is 9.97. The first-order valence-corrected chi connectivity index (χ1v) is 5.87. The molecule has 0 saturated carbocycles. The summed E-state index contributed by atoms with van der Waals surface area (Å²) in [7, 11) is 0. The van der Waals surface area contributed by atoms with Crippen LogP contribution < -0.4 is 5.73 Å². The molecule has 0 amide bonds. The van der Waals surface area contributed by atoms with Gasteiger partial charge in [0.05, 0.1) is 5.69 Å².